The van der Waals surface area contributed by atoms with E-state index in [1.165, 1.54) is 11.3 Å². The Balaban J connectivity index is 2.62. The number of hydrogen-bond acceptors (Lipinski definition) is 3. The minimum atomic E-state index is -0.800. The fraction of sp³-hybridized carbons (Fsp3) is 0.556. The maximum Gasteiger partial charge on any atom is 0.303 e. The van der Waals surface area contributed by atoms with E-state index in [-0.39, 0.29) is 6.42 Å². The van der Waals surface area contributed by atoms with E-state index in [2.05, 4.69) is 11.9 Å². The lowest BCUT2D eigenvalue weighted by atomic mass is 10.3. The molecule has 14 heavy (non-hydrogen) atoms. The van der Waals surface area contributed by atoms with E-state index in [1.807, 2.05) is 0 Å². The number of carboxylic acid groups (broad SMARTS) is 1. The molecule has 0 saturated heterocycles. The molecule has 0 aliphatic heterocycles. The number of carboxylic acids is 1. The van der Waals surface area contributed by atoms with Crippen LogP contribution in [0.25, 0.3) is 0 Å². The predicted molar refractivity (Wildman–Crippen MR) is 57.1 cm³/mol. The van der Waals surface area contributed by atoms with Crippen molar-refractivity contribution >= 4 is 28.9 Å². The van der Waals surface area contributed by atoms with Crippen molar-refractivity contribution in [2.24, 2.45) is 0 Å². The van der Waals surface area contributed by atoms with Crippen LogP contribution in [0.4, 0.5) is 0 Å². The van der Waals surface area contributed by atoms with Crippen LogP contribution in [0.2, 0.25) is 5.15 Å². The van der Waals surface area contributed by atoms with Gasteiger partial charge in [-0.05, 0) is 19.3 Å². The van der Waals surface area contributed by atoms with E-state index in [9.17, 15) is 4.79 Å². The highest BCUT2D eigenvalue weighted by Crippen LogP contribution is 2.25. The van der Waals surface area contributed by atoms with Crippen molar-refractivity contribution < 1.29 is 9.90 Å². The van der Waals surface area contributed by atoms with Gasteiger partial charge in [0.15, 0.2) is 0 Å². The van der Waals surface area contributed by atoms with Gasteiger partial charge in [0.1, 0.15) is 5.15 Å². The summed E-state index contributed by atoms with van der Waals surface area (Å²) in [4.78, 5) is 15.4. The third-order valence-corrected chi connectivity index (χ3v) is 3.32. The molecule has 0 aliphatic rings. The van der Waals surface area contributed by atoms with Crippen LogP contribution in [0.5, 0.6) is 0 Å². The summed E-state index contributed by atoms with van der Waals surface area (Å²) in [5, 5.41) is 9.99. The van der Waals surface area contributed by atoms with Crippen molar-refractivity contribution in [1.82, 2.24) is 4.98 Å². The lowest BCUT2D eigenvalue weighted by Gasteiger charge is -1.91. The highest BCUT2D eigenvalue weighted by molar-refractivity contribution is 7.12. The number of rotatable bonds is 5. The van der Waals surface area contributed by atoms with E-state index < -0.39 is 5.97 Å². The van der Waals surface area contributed by atoms with Gasteiger partial charge < -0.3 is 5.11 Å². The summed E-state index contributed by atoms with van der Waals surface area (Å²) in [6, 6.07) is 0. The zero-order chi connectivity index (χ0) is 10.6. The third-order valence-electron chi connectivity index (χ3n) is 1.72. The van der Waals surface area contributed by atoms with E-state index in [4.69, 9.17) is 16.7 Å². The average molecular weight is 234 g/mol. The number of nitrogens with zero attached hydrogens (tertiary/aromatic N) is 1. The lowest BCUT2D eigenvalue weighted by Crippen LogP contribution is -1.96. The van der Waals surface area contributed by atoms with Crippen LogP contribution < -0.4 is 0 Å². The minimum Gasteiger partial charge on any atom is -0.481 e. The predicted octanol–water partition coefficient (Wildman–Crippen LogP) is 2.77. The average Bonchev–Trinajstić information content (AvgIpc) is 2.44. The Morgan fingerprint density at radius 2 is 2.29 bits per heavy atom. The summed E-state index contributed by atoms with van der Waals surface area (Å²) >= 11 is 7.39. The molecule has 1 heterocycles. The highest BCUT2D eigenvalue weighted by Gasteiger charge is 2.09. The molecule has 0 atom stereocenters. The Bertz CT molecular complexity index is 325. The van der Waals surface area contributed by atoms with E-state index >= 15 is 0 Å². The number of aliphatic carboxylic acids is 1. The zero-order valence-corrected chi connectivity index (χ0v) is 9.49. The Kier molecular flexibility index (Phi) is 4.35. The molecule has 0 aromatic carbocycles. The van der Waals surface area contributed by atoms with Crippen LogP contribution in [0.1, 0.15) is 29.7 Å². The molecule has 1 N–H and O–H groups in total. The van der Waals surface area contributed by atoms with E-state index in [0.717, 1.165) is 22.7 Å². The van der Waals surface area contributed by atoms with Crippen LogP contribution in [0, 0.1) is 0 Å². The van der Waals surface area contributed by atoms with Gasteiger partial charge in [-0.1, -0.05) is 18.5 Å². The number of aryl methyl sites for hydroxylation is 2. The summed E-state index contributed by atoms with van der Waals surface area (Å²) in [6.45, 7) is 2.08. The largest absolute Gasteiger partial charge is 0.481 e. The van der Waals surface area contributed by atoms with Crippen molar-refractivity contribution in [1.29, 1.82) is 0 Å². The van der Waals surface area contributed by atoms with Gasteiger partial charge >= 0.3 is 5.97 Å². The molecule has 1 aromatic heterocycles. The van der Waals surface area contributed by atoms with Crippen molar-refractivity contribution in [3.8, 4) is 0 Å². The molecule has 0 saturated carbocycles. The maximum absolute atomic E-state index is 10.4. The molecule has 0 aliphatic carbocycles. The second-order valence-corrected chi connectivity index (χ2v) is 4.49. The quantitative estimate of drug-likeness (QED) is 0.851. The molecule has 0 spiro atoms. The van der Waals surface area contributed by atoms with Crippen LogP contribution in [0.3, 0.4) is 0 Å². The van der Waals surface area contributed by atoms with Gasteiger partial charge in [0.2, 0.25) is 0 Å². The lowest BCUT2D eigenvalue weighted by molar-refractivity contribution is -0.136. The van der Waals surface area contributed by atoms with E-state index in [1.54, 1.807) is 0 Å². The number of hydrogen-bond donors (Lipinski definition) is 1. The molecule has 0 bridgehead atoms. The topological polar surface area (TPSA) is 50.2 Å². The first-order valence-corrected chi connectivity index (χ1v) is 5.68. The fourth-order valence-electron chi connectivity index (χ4n) is 1.07. The molecule has 1 aromatic rings. The van der Waals surface area contributed by atoms with Gasteiger partial charge in [-0.3, -0.25) is 4.79 Å². The Morgan fingerprint density at radius 1 is 1.57 bits per heavy atom. The third kappa shape index (κ3) is 3.27. The van der Waals surface area contributed by atoms with Crippen molar-refractivity contribution in [2.45, 2.75) is 32.6 Å². The number of thiazole rings is 1. The summed E-state index contributed by atoms with van der Waals surface area (Å²) < 4.78 is 0. The summed E-state index contributed by atoms with van der Waals surface area (Å²) in [5.41, 5.74) is 0. The van der Waals surface area contributed by atoms with Gasteiger partial charge in [0.25, 0.3) is 0 Å². The normalized spacial score (nSPS) is 10.4. The van der Waals surface area contributed by atoms with Crippen LogP contribution in [-0.4, -0.2) is 16.1 Å². The number of halogens is 1. The Morgan fingerprint density at radius 3 is 2.86 bits per heavy atom. The molecule has 3 nitrogen and oxygen atoms in total. The SMILES string of the molecule is CCCc1nc(Cl)c(CCC(=O)O)s1. The second-order valence-electron chi connectivity index (χ2n) is 2.97. The number of carbonyl (C=O) groups is 1. The Labute approximate surface area is 91.7 Å². The molecule has 78 valence electrons. The number of aromatic nitrogens is 1. The summed E-state index contributed by atoms with van der Waals surface area (Å²) in [7, 11) is 0. The maximum atomic E-state index is 10.4. The van der Waals surface area contributed by atoms with Gasteiger partial charge in [0.05, 0.1) is 11.4 Å². The molecule has 0 unspecified atom stereocenters. The summed E-state index contributed by atoms with van der Waals surface area (Å²) in [5.74, 6) is -0.800. The monoisotopic (exact) mass is 233 g/mol. The first kappa shape index (κ1) is 11.5. The summed E-state index contributed by atoms with van der Waals surface area (Å²) in [6.07, 6.45) is 2.54. The standard InChI is InChI=1S/C9H12ClNO2S/c1-2-3-7-11-9(10)6(14-7)4-5-8(12)13/h2-5H2,1H3,(H,12,13). The molecule has 0 fully saturated rings. The molecule has 1 rings (SSSR count). The van der Waals surface area contributed by atoms with Gasteiger partial charge in [-0.2, -0.15) is 0 Å². The Hall–Kier alpha value is -0.610. The van der Waals surface area contributed by atoms with Crippen LogP contribution >= 0.6 is 22.9 Å². The van der Waals surface area contributed by atoms with Gasteiger partial charge in [-0.15, -0.1) is 11.3 Å². The van der Waals surface area contributed by atoms with Gasteiger partial charge in [0, 0.05) is 4.88 Å². The van der Waals surface area contributed by atoms with Crippen molar-refractivity contribution in [2.75, 3.05) is 0 Å². The van der Waals surface area contributed by atoms with E-state index in [0.29, 0.717) is 11.6 Å². The molecule has 0 radical (unpaired) electrons. The molecule has 5 heteroatoms. The van der Waals surface area contributed by atoms with Crippen molar-refractivity contribution in [3.05, 3.63) is 15.0 Å². The smallest absolute Gasteiger partial charge is 0.303 e. The zero-order valence-electron chi connectivity index (χ0n) is 7.92. The molecular formula is C9H12ClNO2S. The highest BCUT2D eigenvalue weighted by atomic mass is 35.5. The van der Waals surface area contributed by atoms with Crippen LogP contribution in [-0.2, 0) is 17.6 Å². The second kappa shape index (κ2) is 5.32. The molecule has 0 amide bonds. The fourth-order valence-corrected chi connectivity index (χ4v) is 2.50. The first-order chi connectivity index (χ1) is 6.63. The molecular weight excluding hydrogens is 222 g/mol. The van der Waals surface area contributed by atoms with Crippen molar-refractivity contribution in [3.63, 3.8) is 0 Å². The van der Waals surface area contributed by atoms with Gasteiger partial charge in [-0.25, -0.2) is 4.98 Å². The first-order valence-electron chi connectivity index (χ1n) is 4.49. The minimum absolute atomic E-state index is 0.119. The van der Waals surface area contributed by atoms with Crippen LogP contribution in [0.15, 0.2) is 0 Å².